The smallest absolute Gasteiger partial charge is 0.332 e. The standard InChI is InChI=1S/C17H25N2O4P.C15H25N2O5P.C15H25N2O4P.C14H23N2O5P.C13H22N3O3PS/c1-6-7-12-10-19(11(2)18-16(12)22)17-15(21)14(20)13(23-17)8-9-24(3,4)5;1-9-16-14(21)10(8-18)7-17(9)15-13(20)12(19)11(22-15)5-6-23(2,3)4;1-10-16-12(18)6-8-17(10)15-14(20-2)13(19)11(21-15)7-9-22(3,4)5;1-15-10(17)5-7-16(14(15)20)13-12(19)11(18)9(21-13)6-8-22(2,3)4;1-8-15-13(21)14-7-16(8)12-11(18)10(17)9(19-12)5-6-20(2,3)4/h10,13-15,17,20-21H,2-3,8-9H2,1,4-5H3,(H,18,22);7,11-13,15,18-20H,1-2,5-6,8H2,3-4H3,(H,16,21);6,8,11,13-15,19H,1,3,7,9H2,2,4-5H3,(H,16,18);5,7,9,11-13,18-19H,2,6,8H2,1,3-4H3;7,9-12,17-18H,1-2,5-6H2,3-4H3,(H,15,21)/p+1/t13-,14-,15?,17-;11-,12-,13?,15-;11-,13-,14-,15-;9-,11-,12?,13-;9-,10-,11?,12-/m11111/s1. The van der Waals surface area contributed by atoms with Crippen molar-refractivity contribution in [2.24, 2.45) is 7.05 Å². The summed E-state index contributed by atoms with van der Waals surface area (Å²) < 4.78 is 38.3. The Morgan fingerprint density at radius 1 is 0.536 bits per heavy atom. The minimum atomic E-state index is -1.27. The first-order valence-corrected chi connectivity index (χ1v) is 51.9. The van der Waals surface area contributed by atoms with Gasteiger partial charge >= 0.3 is 5.69 Å². The lowest BCUT2D eigenvalue weighted by Gasteiger charge is -2.34. The SMILES string of the molecule is C=C1NC(=O)C(C#CC)=CN1[C@@H]1O[C@H](CCP(=C)(C)C)[C@@H](O)C1O.C=C1NC(=O)C(CO)=CN1[C@@H]1O[C@H](CCP(=C)(C)C)[C@@H](O)C1O.C=C1NC(=O)C=CN1[C@@H]1O[C@H](CCP(=C)(C)C)[C@@H](O)[C@H]1OC.C=C1NC(=S)NC=[N+]1[C@@H]1O[C@H](CCP(=C)(C)C)[C@@H](O)C1O.C=P(C)(C)CC[C@H]1O[C@@H](n2ccc(=O)n(C)c2=O)C(O)[C@@H]1O. The number of aliphatic hydroxyl groups is 10. The summed E-state index contributed by atoms with van der Waals surface area (Å²) in [6, 6.07) is 1.22. The number of ether oxygens (including phenoxy) is 6. The number of aromatic nitrogens is 2. The Kier molecular flexibility index (Phi) is 34.1. The van der Waals surface area contributed by atoms with Crippen LogP contribution in [0, 0.1) is 11.8 Å². The van der Waals surface area contributed by atoms with Gasteiger partial charge in [-0.15, -0.1) is 71.8 Å². The predicted octanol–water partition coefficient (Wildman–Crippen LogP) is -0.955. The number of aliphatic hydroxyl groups excluding tert-OH is 10. The molecule has 0 spiro atoms. The number of amides is 3. The molecule has 628 valence electrons. The first-order valence-electron chi connectivity index (χ1n) is 36.3. The Hall–Kier alpha value is -5.55. The molecule has 112 heavy (non-hydrogen) atoms. The van der Waals surface area contributed by atoms with Gasteiger partial charge in [0.1, 0.15) is 84.1 Å². The van der Waals surface area contributed by atoms with Crippen molar-refractivity contribution in [1.29, 1.82) is 0 Å². The third kappa shape index (κ3) is 26.2. The molecule has 9 aliphatic rings. The van der Waals surface area contributed by atoms with Crippen molar-refractivity contribution in [3.05, 3.63) is 119 Å². The zero-order valence-electron chi connectivity index (χ0n) is 66.5. The van der Waals surface area contributed by atoms with Crippen LogP contribution in [-0.4, -0.2) is 368 Å². The Bertz CT molecular complexity index is 4220. The quantitative estimate of drug-likeness (QED) is 0.0288. The fraction of sp³-hybridized carbons (Fsp3) is 0.595. The highest BCUT2D eigenvalue weighted by Gasteiger charge is 2.51. The number of nitrogens with zero attached hydrogens (tertiary/aromatic N) is 6. The van der Waals surface area contributed by atoms with Gasteiger partial charge in [-0.1, -0.05) is 25.7 Å². The van der Waals surface area contributed by atoms with Crippen LogP contribution < -0.4 is 37.8 Å². The zero-order chi connectivity index (χ0) is 84.4. The largest absolute Gasteiger partial charge is 0.391 e. The second-order valence-electron chi connectivity index (χ2n) is 32.2. The van der Waals surface area contributed by atoms with E-state index in [-0.39, 0.29) is 40.7 Å². The highest BCUT2D eigenvalue weighted by atomic mass is 32.1. The van der Waals surface area contributed by atoms with E-state index in [9.17, 15) is 75.0 Å². The third-order valence-corrected chi connectivity index (χ3v) is 26.7. The molecule has 0 radical (unpaired) electrons. The number of carbonyl (C=O) groups is 3. The van der Waals surface area contributed by atoms with Gasteiger partial charge in [0.25, 0.3) is 28.4 Å². The summed E-state index contributed by atoms with van der Waals surface area (Å²) in [4.78, 5) is 63.0. The number of carbonyl (C=O) groups excluding carboxylic acids is 3. The molecular formula is C74H121N11O21P5S+. The van der Waals surface area contributed by atoms with Crippen molar-refractivity contribution in [3.63, 3.8) is 0 Å². The third-order valence-electron chi connectivity index (χ3n) is 19.2. The van der Waals surface area contributed by atoms with Crippen molar-refractivity contribution in [2.45, 2.75) is 162 Å². The lowest BCUT2D eigenvalue weighted by molar-refractivity contribution is -0.579. The average molecular weight is 1690 g/mol. The Labute approximate surface area is 663 Å². The number of thiocarbonyl (C=S) groups is 1. The molecule has 0 aliphatic carbocycles. The van der Waals surface area contributed by atoms with Crippen molar-refractivity contribution >= 4 is 107 Å². The second-order valence-corrected chi connectivity index (χ2v) is 54.2. The van der Waals surface area contributed by atoms with Gasteiger partial charge in [0, 0.05) is 51.1 Å². The van der Waals surface area contributed by atoms with E-state index in [0.717, 1.165) is 46.4 Å². The minimum absolute atomic E-state index is 0.135. The van der Waals surface area contributed by atoms with E-state index in [0.29, 0.717) is 42.4 Å². The molecule has 38 heteroatoms. The molecule has 1 aromatic heterocycles. The molecular weight excluding hydrogens is 1570 g/mol. The van der Waals surface area contributed by atoms with Gasteiger partial charge in [0.15, 0.2) is 31.3 Å². The van der Waals surface area contributed by atoms with Crippen LogP contribution in [0.5, 0.6) is 0 Å². The van der Waals surface area contributed by atoms with Crippen LogP contribution in [-0.2, 0) is 49.9 Å². The molecule has 10 heterocycles. The minimum Gasteiger partial charge on any atom is -0.391 e. The molecule has 0 bridgehead atoms. The topological polar surface area (TPSA) is 426 Å². The van der Waals surface area contributed by atoms with Crippen molar-refractivity contribution in [1.82, 2.24) is 50.4 Å². The number of hydrogen-bond donors (Lipinski definition) is 15. The molecule has 32 nitrogen and oxygen atoms in total. The maximum Gasteiger partial charge on any atom is 0.332 e. The average Bonchev–Trinajstić information content (AvgIpc) is 1.64. The van der Waals surface area contributed by atoms with Crippen molar-refractivity contribution in [3.8, 4) is 11.8 Å². The number of methoxy groups -OCH3 is 1. The normalized spacial score (nSPS) is 31.5. The van der Waals surface area contributed by atoms with Crippen molar-refractivity contribution in [2.75, 3.05) is 111 Å². The Balaban J connectivity index is 0.000000218. The fourth-order valence-electron chi connectivity index (χ4n) is 12.7. The van der Waals surface area contributed by atoms with Gasteiger partial charge < -0.3 is 110 Å². The van der Waals surface area contributed by atoms with Crippen LogP contribution in [0.2, 0.25) is 0 Å². The fourth-order valence-corrected chi connectivity index (χ4v) is 17.6. The van der Waals surface area contributed by atoms with Gasteiger partial charge in [0.2, 0.25) is 12.0 Å². The van der Waals surface area contributed by atoms with E-state index in [1.165, 1.54) is 47.6 Å². The van der Waals surface area contributed by atoms with E-state index in [4.69, 9.17) is 40.6 Å². The van der Waals surface area contributed by atoms with Crippen molar-refractivity contribution < 1.29 is 98.4 Å². The van der Waals surface area contributed by atoms with Crippen LogP contribution in [0.25, 0.3) is 0 Å². The van der Waals surface area contributed by atoms with Crippen LogP contribution in [0.3, 0.4) is 0 Å². The lowest BCUT2D eigenvalue weighted by Crippen LogP contribution is -2.50. The van der Waals surface area contributed by atoms with Gasteiger partial charge in [-0.2, -0.15) is 0 Å². The van der Waals surface area contributed by atoms with Crippen LogP contribution in [0.15, 0.2) is 107 Å². The maximum absolute atomic E-state index is 12.1. The summed E-state index contributed by atoms with van der Waals surface area (Å²) in [5.41, 5.74) is -0.636. The second kappa shape index (κ2) is 40.1. The van der Waals surface area contributed by atoms with Crippen LogP contribution in [0.1, 0.15) is 45.3 Å². The number of rotatable bonds is 22. The first-order chi connectivity index (χ1) is 51.8. The molecule has 5 fully saturated rings. The summed E-state index contributed by atoms with van der Waals surface area (Å²) >= 11 is 4.97. The highest BCUT2D eigenvalue weighted by molar-refractivity contribution is 7.80. The van der Waals surface area contributed by atoms with E-state index in [1.54, 1.807) is 36.0 Å². The molecule has 20 atom stereocenters. The van der Waals surface area contributed by atoms with Gasteiger partial charge in [-0.05, 0) is 155 Å². The first kappa shape index (κ1) is 95.3. The molecule has 4 unspecified atom stereocenters. The molecule has 0 aromatic carbocycles. The molecule has 0 saturated carbocycles. The predicted molar refractivity (Wildman–Crippen MR) is 454 cm³/mol. The van der Waals surface area contributed by atoms with Crippen LogP contribution >= 0.6 is 46.6 Å². The summed E-state index contributed by atoms with van der Waals surface area (Å²) in [7, 11) is 2.89. The van der Waals surface area contributed by atoms with Gasteiger partial charge in [-0.25, -0.2) is 20.0 Å². The molecule has 5 saturated heterocycles. The monoisotopic (exact) mass is 1690 g/mol. The summed E-state index contributed by atoms with van der Waals surface area (Å²) in [5.74, 6) is 5.78. The van der Waals surface area contributed by atoms with Gasteiger partial charge in [-0.3, -0.25) is 28.3 Å². The molecule has 15 N–H and O–H groups in total. The Morgan fingerprint density at radius 3 is 1.37 bits per heavy atom. The highest BCUT2D eigenvalue weighted by Crippen LogP contribution is 2.44. The lowest BCUT2D eigenvalue weighted by atomic mass is 10.1. The van der Waals surface area contributed by atoms with E-state index in [2.05, 4.69) is 163 Å². The van der Waals surface area contributed by atoms with E-state index in [1.807, 2.05) is 0 Å². The van der Waals surface area contributed by atoms with Crippen LogP contribution in [0.4, 0.5) is 0 Å². The summed E-state index contributed by atoms with van der Waals surface area (Å²) in [6.45, 7) is 31.4. The van der Waals surface area contributed by atoms with Gasteiger partial charge in [0.05, 0.1) is 42.7 Å². The number of hydrogen-bond acceptors (Lipinski definition) is 25. The molecule has 10 rings (SSSR count). The molecule has 3 amide bonds. The molecule has 1 aromatic rings. The zero-order valence-corrected chi connectivity index (χ0v) is 71.8. The van der Waals surface area contributed by atoms with E-state index < -0.39 is 175 Å². The van der Waals surface area contributed by atoms with E-state index >= 15 is 0 Å². The Morgan fingerprint density at radius 2 is 0.938 bits per heavy atom. The summed E-state index contributed by atoms with van der Waals surface area (Å²) in [5, 5.41) is 115. The molecule has 9 aliphatic heterocycles. The number of nitrogens with one attached hydrogen (secondary N) is 5. The maximum atomic E-state index is 12.1. The summed E-state index contributed by atoms with van der Waals surface area (Å²) in [6.07, 6.45) is 21.2.